The number of carbonyl (C=O) groups is 2. The standard InChI is InChI=1S/C35H39F3N2O6/c1-22-8-12-25(13-9-22)33(41)40(27(20-44-3)21-45-4)31-16-15-28(19-29(31)34(42)43)46-32-17-11-24(18-30(32)35(36,37)38)10-14-26-7-5-6-23(2)39-26/h5-7,10-11,14-19,22,25,27H,8-9,12-13,20-21H2,1-4H3,(H,42,43)/b14-10+. The average Bonchev–Trinajstić information content (AvgIpc) is 3.01. The minimum absolute atomic E-state index is 0.0791. The highest BCUT2D eigenvalue weighted by Crippen LogP contribution is 2.40. The van der Waals surface area contributed by atoms with E-state index < -0.39 is 29.5 Å². The number of aryl methyl sites for hydroxylation is 1. The summed E-state index contributed by atoms with van der Waals surface area (Å²) in [6.45, 7) is 4.11. The maximum Gasteiger partial charge on any atom is 0.420 e. The van der Waals surface area contributed by atoms with Crippen LogP contribution in [0.1, 0.15) is 65.5 Å². The smallest absolute Gasteiger partial charge is 0.420 e. The van der Waals surface area contributed by atoms with Crippen molar-refractivity contribution in [3.63, 3.8) is 0 Å². The Hall–Kier alpha value is -4.22. The quantitative estimate of drug-likeness (QED) is 0.215. The Morgan fingerprint density at radius 1 is 1.00 bits per heavy atom. The molecule has 3 aromatic rings. The summed E-state index contributed by atoms with van der Waals surface area (Å²) >= 11 is 0. The van der Waals surface area contributed by atoms with E-state index in [1.54, 1.807) is 18.2 Å². The van der Waals surface area contributed by atoms with Crippen molar-refractivity contribution >= 4 is 29.7 Å². The van der Waals surface area contributed by atoms with E-state index in [0.29, 0.717) is 24.5 Å². The molecular weight excluding hydrogens is 601 g/mol. The first-order chi connectivity index (χ1) is 21.9. The Balaban J connectivity index is 1.70. The molecule has 11 heteroatoms. The molecule has 2 aromatic carbocycles. The van der Waals surface area contributed by atoms with Crippen molar-refractivity contribution in [1.29, 1.82) is 0 Å². The number of hydrogen-bond donors (Lipinski definition) is 1. The third-order valence-electron chi connectivity index (χ3n) is 8.04. The molecule has 0 atom stereocenters. The van der Waals surface area contributed by atoms with Crippen molar-refractivity contribution in [2.45, 2.75) is 51.7 Å². The van der Waals surface area contributed by atoms with Crippen LogP contribution >= 0.6 is 0 Å². The van der Waals surface area contributed by atoms with Gasteiger partial charge in [0, 0.05) is 25.8 Å². The summed E-state index contributed by atoms with van der Waals surface area (Å²) in [5.74, 6) is -2.06. The van der Waals surface area contributed by atoms with E-state index in [-0.39, 0.29) is 47.6 Å². The van der Waals surface area contributed by atoms with Gasteiger partial charge in [-0.05, 0) is 92.6 Å². The molecule has 1 heterocycles. The molecule has 4 rings (SSSR count). The van der Waals surface area contributed by atoms with Crippen LogP contribution in [-0.4, -0.2) is 55.4 Å². The number of alkyl halides is 3. The van der Waals surface area contributed by atoms with E-state index >= 15 is 0 Å². The number of halogens is 3. The number of nitrogens with zero attached hydrogens (tertiary/aromatic N) is 2. The van der Waals surface area contributed by atoms with Crippen LogP contribution in [0, 0.1) is 18.8 Å². The van der Waals surface area contributed by atoms with E-state index in [2.05, 4.69) is 11.9 Å². The third-order valence-corrected chi connectivity index (χ3v) is 8.04. The lowest BCUT2D eigenvalue weighted by atomic mass is 9.82. The number of pyridine rings is 1. The maximum absolute atomic E-state index is 14.2. The highest BCUT2D eigenvalue weighted by Gasteiger charge is 2.37. The summed E-state index contributed by atoms with van der Waals surface area (Å²) in [5.41, 5.74) is 0.404. The van der Waals surface area contributed by atoms with E-state index in [4.69, 9.17) is 14.2 Å². The molecule has 1 amide bonds. The minimum Gasteiger partial charge on any atom is -0.478 e. The summed E-state index contributed by atoms with van der Waals surface area (Å²) < 4.78 is 58.9. The number of amides is 1. The van der Waals surface area contributed by atoms with Crippen LogP contribution < -0.4 is 9.64 Å². The molecule has 0 aliphatic heterocycles. The summed E-state index contributed by atoms with van der Waals surface area (Å²) in [6.07, 6.45) is 1.46. The van der Waals surface area contributed by atoms with Crippen molar-refractivity contribution < 1.29 is 42.1 Å². The van der Waals surface area contributed by atoms with Gasteiger partial charge in [-0.1, -0.05) is 25.1 Å². The summed E-state index contributed by atoms with van der Waals surface area (Å²) in [7, 11) is 2.95. The third kappa shape index (κ3) is 8.73. The Morgan fingerprint density at radius 3 is 2.30 bits per heavy atom. The first kappa shape index (κ1) is 34.6. The fourth-order valence-electron chi connectivity index (χ4n) is 5.67. The van der Waals surface area contributed by atoms with Gasteiger partial charge in [0.2, 0.25) is 5.91 Å². The number of aromatic nitrogens is 1. The van der Waals surface area contributed by atoms with Crippen LogP contribution in [0.4, 0.5) is 18.9 Å². The zero-order chi connectivity index (χ0) is 33.4. The first-order valence-corrected chi connectivity index (χ1v) is 15.1. The van der Waals surface area contributed by atoms with Crippen LogP contribution in [0.15, 0.2) is 54.6 Å². The predicted octanol–water partition coefficient (Wildman–Crippen LogP) is 7.89. The fraction of sp³-hybridized carbons (Fsp3) is 0.400. The van der Waals surface area contributed by atoms with Crippen LogP contribution in [0.2, 0.25) is 0 Å². The number of ether oxygens (including phenoxy) is 3. The van der Waals surface area contributed by atoms with Crippen molar-refractivity contribution in [3.8, 4) is 11.5 Å². The molecule has 8 nitrogen and oxygen atoms in total. The summed E-state index contributed by atoms with van der Waals surface area (Å²) in [6, 6.07) is 12.2. The average molecular weight is 641 g/mol. The maximum atomic E-state index is 14.2. The second-order valence-electron chi connectivity index (χ2n) is 11.6. The summed E-state index contributed by atoms with van der Waals surface area (Å²) in [5, 5.41) is 10.2. The number of carbonyl (C=O) groups excluding carboxylic acids is 1. The van der Waals surface area contributed by atoms with Gasteiger partial charge in [0.15, 0.2) is 0 Å². The molecule has 0 unspecified atom stereocenters. The molecule has 1 aliphatic rings. The molecule has 0 bridgehead atoms. The SMILES string of the molecule is COCC(COC)N(C(=O)C1CCC(C)CC1)c1ccc(Oc2ccc(/C=C/c3cccc(C)n3)cc2C(F)(F)F)cc1C(=O)O. The first-order valence-electron chi connectivity index (χ1n) is 15.1. The van der Waals surface area contributed by atoms with Gasteiger partial charge in [0.25, 0.3) is 0 Å². The fourth-order valence-corrected chi connectivity index (χ4v) is 5.67. The number of aromatic carboxylic acids is 1. The van der Waals surface area contributed by atoms with Gasteiger partial charge < -0.3 is 24.2 Å². The van der Waals surface area contributed by atoms with Gasteiger partial charge in [-0.15, -0.1) is 0 Å². The van der Waals surface area contributed by atoms with Crippen molar-refractivity contribution in [3.05, 3.63) is 82.7 Å². The monoisotopic (exact) mass is 640 g/mol. The molecule has 0 saturated heterocycles. The lowest BCUT2D eigenvalue weighted by Gasteiger charge is -2.36. The number of carboxylic acids is 1. The van der Waals surface area contributed by atoms with Crippen LogP contribution in [0.25, 0.3) is 12.2 Å². The molecule has 246 valence electrons. The Morgan fingerprint density at radius 2 is 1.70 bits per heavy atom. The Bertz CT molecular complexity index is 1540. The molecule has 1 N–H and O–H groups in total. The van der Waals surface area contributed by atoms with Crippen molar-refractivity contribution in [2.75, 3.05) is 32.3 Å². The minimum atomic E-state index is -4.76. The molecule has 0 radical (unpaired) electrons. The van der Waals surface area contributed by atoms with Gasteiger partial charge in [-0.25, -0.2) is 4.79 Å². The normalized spacial score (nSPS) is 17.0. The number of rotatable bonds is 12. The highest BCUT2D eigenvalue weighted by atomic mass is 19.4. The topological polar surface area (TPSA) is 98.2 Å². The second kappa shape index (κ2) is 15.4. The number of benzene rings is 2. The number of carboxylic acid groups (broad SMARTS) is 1. The predicted molar refractivity (Wildman–Crippen MR) is 169 cm³/mol. The van der Waals surface area contributed by atoms with Crippen molar-refractivity contribution in [1.82, 2.24) is 4.98 Å². The Kier molecular flexibility index (Phi) is 11.6. The zero-order valence-corrected chi connectivity index (χ0v) is 26.3. The van der Waals surface area contributed by atoms with Crippen LogP contribution in [0.5, 0.6) is 11.5 Å². The van der Waals surface area contributed by atoms with Crippen molar-refractivity contribution in [2.24, 2.45) is 11.8 Å². The Labute approximate surface area is 266 Å². The highest BCUT2D eigenvalue weighted by molar-refractivity contribution is 6.03. The van der Waals surface area contributed by atoms with Gasteiger partial charge in [0.05, 0.1) is 41.8 Å². The molecule has 1 fully saturated rings. The van der Waals surface area contributed by atoms with Crippen LogP contribution in [0.3, 0.4) is 0 Å². The summed E-state index contributed by atoms with van der Waals surface area (Å²) in [4.78, 5) is 32.2. The van der Waals surface area contributed by atoms with E-state index in [0.717, 1.165) is 30.7 Å². The van der Waals surface area contributed by atoms with E-state index in [1.807, 2.05) is 13.0 Å². The molecule has 1 aliphatic carbocycles. The number of anilines is 1. The van der Waals surface area contributed by atoms with Gasteiger partial charge in [-0.3, -0.25) is 9.78 Å². The lowest BCUT2D eigenvalue weighted by molar-refractivity contribution is -0.138. The lowest BCUT2D eigenvalue weighted by Crippen LogP contribution is -2.49. The van der Waals surface area contributed by atoms with Gasteiger partial charge >= 0.3 is 12.1 Å². The number of methoxy groups -OCH3 is 2. The molecule has 1 saturated carbocycles. The van der Waals surface area contributed by atoms with Gasteiger partial charge in [-0.2, -0.15) is 13.2 Å². The molecule has 46 heavy (non-hydrogen) atoms. The molecule has 0 spiro atoms. The van der Waals surface area contributed by atoms with Gasteiger partial charge in [0.1, 0.15) is 11.5 Å². The molecule has 1 aromatic heterocycles. The molecular formula is C35H39F3N2O6. The van der Waals surface area contributed by atoms with E-state index in [1.165, 1.54) is 49.5 Å². The second-order valence-corrected chi connectivity index (χ2v) is 11.6. The zero-order valence-electron chi connectivity index (χ0n) is 26.3. The van der Waals surface area contributed by atoms with Crippen LogP contribution in [-0.2, 0) is 20.4 Å². The number of hydrogen-bond acceptors (Lipinski definition) is 6. The van der Waals surface area contributed by atoms with E-state index in [9.17, 15) is 27.9 Å². The largest absolute Gasteiger partial charge is 0.478 e.